The largest absolute Gasteiger partial charge is 0.501 e. The number of pyridine rings is 1. The van der Waals surface area contributed by atoms with E-state index in [0.29, 0.717) is 23.7 Å². The van der Waals surface area contributed by atoms with Crippen molar-refractivity contribution in [1.82, 2.24) is 4.98 Å². The molecule has 0 saturated carbocycles. The van der Waals surface area contributed by atoms with Gasteiger partial charge in [-0.15, -0.1) is 0 Å². The zero-order valence-electron chi connectivity index (χ0n) is 18.7. The number of rotatable bonds is 7. The Hall–Kier alpha value is -3.93. The lowest BCUT2D eigenvalue weighted by Crippen LogP contribution is -2.23. The number of anilines is 2. The maximum absolute atomic E-state index is 12.2. The zero-order valence-corrected chi connectivity index (χ0v) is 19.5. The Morgan fingerprint density at radius 3 is 2.43 bits per heavy atom. The second kappa shape index (κ2) is 12.0. The number of nitrogens with zero attached hydrogens (tertiary/aromatic N) is 1. The van der Waals surface area contributed by atoms with E-state index in [4.69, 9.17) is 4.74 Å². The van der Waals surface area contributed by atoms with Gasteiger partial charge in [0.25, 0.3) is 15.7 Å². The number of carbonyl (C=O) groups excluding carboxylic acids is 2. The van der Waals surface area contributed by atoms with Gasteiger partial charge in [-0.1, -0.05) is 24.3 Å². The highest BCUT2D eigenvalue weighted by atomic mass is 32.2. The van der Waals surface area contributed by atoms with Gasteiger partial charge in [0.05, 0.1) is 17.1 Å². The van der Waals surface area contributed by atoms with Gasteiger partial charge in [0.1, 0.15) is 11.6 Å². The molecule has 0 saturated heterocycles. The van der Waals surface area contributed by atoms with E-state index in [-0.39, 0.29) is 18.0 Å². The first kappa shape index (κ1) is 27.3. The van der Waals surface area contributed by atoms with Crippen molar-refractivity contribution in [2.75, 3.05) is 17.2 Å². The topological polar surface area (TPSA) is 114 Å². The van der Waals surface area contributed by atoms with Crippen LogP contribution in [-0.2, 0) is 14.6 Å². The lowest BCUT2D eigenvalue weighted by Gasteiger charge is -2.11. The van der Waals surface area contributed by atoms with Gasteiger partial charge in [-0.2, -0.15) is 13.2 Å². The summed E-state index contributed by atoms with van der Waals surface area (Å²) in [5.41, 5.74) is -3.95. The summed E-state index contributed by atoms with van der Waals surface area (Å²) in [5.74, 6) is 0.931. The Labute approximate surface area is 200 Å². The third-order valence-corrected chi connectivity index (χ3v) is 5.83. The maximum Gasteiger partial charge on any atom is 0.501 e. The number of sulfone groups is 1. The monoisotopic (exact) mass is 509 g/mol. The Bertz CT molecular complexity index is 1280. The van der Waals surface area contributed by atoms with Gasteiger partial charge in [0.15, 0.2) is 0 Å². The number of carbonyl (C=O) groups is 2. The molecule has 0 atom stereocenters. The summed E-state index contributed by atoms with van der Waals surface area (Å²) < 4.78 is 63.9. The molecule has 0 bridgehead atoms. The minimum Gasteiger partial charge on any atom is -0.493 e. The van der Waals surface area contributed by atoms with E-state index >= 15 is 0 Å². The van der Waals surface area contributed by atoms with Crippen LogP contribution in [0.1, 0.15) is 22.8 Å². The lowest BCUT2D eigenvalue weighted by molar-refractivity contribution is -0.105. The van der Waals surface area contributed by atoms with E-state index in [9.17, 15) is 31.2 Å². The van der Waals surface area contributed by atoms with Gasteiger partial charge in [0.2, 0.25) is 6.41 Å². The predicted octanol–water partition coefficient (Wildman–Crippen LogP) is 4.59. The van der Waals surface area contributed by atoms with Crippen LogP contribution < -0.4 is 15.4 Å². The Balaban J connectivity index is 0.000000251. The van der Waals surface area contributed by atoms with Crippen LogP contribution in [0.5, 0.6) is 5.75 Å². The first-order valence-corrected chi connectivity index (χ1v) is 11.6. The van der Waals surface area contributed by atoms with E-state index in [2.05, 4.69) is 15.6 Å². The van der Waals surface area contributed by atoms with Crippen molar-refractivity contribution in [1.29, 1.82) is 0 Å². The van der Waals surface area contributed by atoms with Crippen molar-refractivity contribution in [3.05, 3.63) is 78.0 Å². The maximum atomic E-state index is 12.2. The molecular formula is C23H22F3N3O5S. The zero-order chi connectivity index (χ0) is 26.1. The Kier molecular flexibility index (Phi) is 9.34. The molecule has 0 radical (unpaired) electrons. The number of nitrogens with one attached hydrogen (secondary N) is 2. The van der Waals surface area contributed by atoms with E-state index in [1.165, 1.54) is 6.07 Å². The van der Waals surface area contributed by atoms with Crippen molar-refractivity contribution >= 4 is 33.7 Å². The number of hydrogen-bond donors (Lipinski definition) is 2. The summed E-state index contributed by atoms with van der Waals surface area (Å²) in [6, 6.07) is 14.8. The number of hydrogen-bond acceptors (Lipinski definition) is 6. The van der Waals surface area contributed by atoms with Crippen molar-refractivity contribution in [2.45, 2.75) is 24.3 Å². The van der Waals surface area contributed by atoms with Crippen molar-refractivity contribution in [3.63, 3.8) is 0 Å². The highest BCUT2D eigenvalue weighted by molar-refractivity contribution is 7.92. The van der Waals surface area contributed by atoms with Gasteiger partial charge in [-0.25, -0.2) is 13.4 Å². The standard InChI is InChI=1S/C15H16N2O2.C8H6F3NO3S/c1-3-19-13-9-5-4-8-12(13)15(18)17-14-11(2)7-6-10-16-14;9-8(10,11)16(14,15)7-3-1-2-6(4-7)12-5-13/h4-10H,3H2,1-2H3,(H,16,17,18);1-5H,(H,12,13). The Morgan fingerprint density at radius 2 is 1.80 bits per heavy atom. The van der Waals surface area contributed by atoms with Gasteiger partial charge < -0.3 is 15.4 Å². The molecule has 0 unspecified atom stereocenters. The van der Waals surface area contributed by atoms with Crippen molar-refractivity contribution < 1.29 is 35.9 Å². The minimum atomic E-state index is -5.37. The summed E-state index contributed by atoms with van der Waals surface area (Å²) in [4.78, 5) is 25.5. The van der Waals surface area contributed by atoms with Crippen LogP contribution in [-0.4, -0.2) is 37.8 Å². The predicted molar refractivity (Wildman–Crippen MR) is 124 cm³/mol. The second-order valence-electron chi connectivity index (χ2n) is 6.79. The van der Waals surface area contributed by atoms with Crippen LogP contribution in [0.15, 0.2) is 71.8 Å². The lowest BCUT2D eigenvalue weighted by atomic mass is 10.2. The quantitative estimate of drug-likeness (QED) is 0.451. The first-order chi connectivity index (χ1) is 16.5. The molecule has 0 spiro atoms. The summed E-state index contributed by atoms with van der Waals surface area (Å²) in [6.45, 7) is 4.31. The summed E-state index contributed by atoms with van der Waals surface area (Å²) >= 11 is 0. The number of ether oxygens (including phenoxy) is 1. The average molecular weight is 510 g/mol. The molecule has 1 heterocycles. The van der Waals surface area contributed by atoms with Crippen LogP contribution in [0.25, 0.3) is 0 Å². The highest BCUT2D eigenvalue weighted by Gasteiger charge is 2.46. The molecule has 8 nitrogen and oxygen atoms in total. The van der Waals surface area contributed by atoms with E-state index in [1.807, 2.05) is 38.1 Å². The Morgan fingerprint density at radius 1 is 1.09 bits per heavy atom. The van der Waals surface area contributed by atoms with E-state index in [1.54, 1.807) is 18.3 Å². The van der Waals surface area contributed by atoms with Crippen LogP contribution in [0.4, 0.5) is 24.7 Å². The number of aromatic nitrogens is 1. The van der Waals surface area contributed by atoms with Gasteiger partial charge in [0, 0.05) is 11.9 Å². The number of amides is 2. The van der Waals surface area contributed by atoms with Crippen LogP contribution in [0.2, 0.25) is 0 Å². The number of para-hydroxylation sites is 1. The fraction of sp³-hybridized carbons (Fsp3) is 0.174. The van der Waals surface area contributed by atoms with Crippen LogP contribution in [0.3, 0.4) is 0 Å². The average Bonchev–Trinajstić information content (AvgIpc) is 2.81. The number of alkyl halides is 3. The van der Waals surface area contributed by atoms with Crippen molar-refractivity contribution in [2.24, 2.45) is 0 Å². The molecular weight excluding hydrogens is 487 g/mol. The minimum absolute atomic E-state index is 0.0275. The first-order valence-electron chi connectivity index (χ1n) is 10.1. The van der Waals surface area contributed by atoms with Gasteiger partial charge in [-0.05, 0) is 55.8 Å². The molecule has 12 heteroatoms. The molecule has 3 aromatic rings. The van der Waals surface area contributed by atoms with Gasteiger partial charge >= 0.3 is 5.51 Å². The van der Waals surface area contributed by atoms with E-state index < -0.39 is 20.2 Å². The molecule has 35 heavy (non-hydrogen) atoms. The highest BCUT2D eigenvalue weighted by Crippen LogP contribution is 2.31. The fourth-order valence-electron chi connectivity index (χ4n) is 2.68. The van der Waals surface area contributed by atoms with E-state index in [0.717, 1.165) is 23.8 Å². The number of aryl methyl sites for hydroxylation is 1. The smallest absolute Gasteiger partial charge is 0.493 e. The summed E-state index contributed by atoms with van der Waals surface area (Å²) in [6.07, 6.45) is 1.89. The van der Waals surface area contributed by atoms with Crippen LogP contribution >= 0.6 is 0 Å². The van der Waals surface area contributed by atoms with Crippen LogP contribution in [0, 0.1) is 6.92 Å². The third-order valence-electron chi connectivity index (χ3n) is 4.35. The molecule has 2 amide bonds. The van der Waals surface area contributed by atoms with Crippen molar-refractivity contribution in [3.8, 4) is 5.75 Å². The molecule has 0 aliphatic heterocycles. The molecule has 3 rings (SSSR count). The SMILES string of the molecule is CCOc1ccccc1C(=O)Nc1ncccc1C.O=CNc1cccc(S(=O)(=O)C(F)(F)F)c1. The molecule has 2 aromatic carbocycles. The second-order valence-corrected chi connectivity index (χ2v) is 8.73. The molecule has 0 fully saturated rings. The normalized spacial score (nSPS) is 11.0. The molecule has 1 aromatic heterocycles. The summed E-state index contributed by atoms with van der Waals surface area (Å²) in [5, 5.41) is 4.85. The fourth-order valence-corrected chi connectivity index (χ4v) is 3.49. The number of halogens is 3. The molecule has 2 N–H and O–H groups in total. The third kappa shape index (κ3) is 7.27. The molecule has 0 aliphatic carbocycles. The molecule has 186 valence electrons. The molecule has 0 aliphatic rings. The van der Waals surface area contributed by atoms with Gasteiger partial charge in [-0.3, -0.25) is 9.59 Å². The summed E-state index contributed by atoms with van der Waals surface area (Å²) in [7, 11) is -5.37. The number of benzene rings is 2.